The maximum atomic E-state index is 6.92. The molecular weight excluding hydrogens is 511 g/mol. The second-order valence-corrected chi connectivity index (χ2v) is 1.80. The summed E-state index contributed by atoms with van der Waals surface area (Å²) in [6.45, 7) is 0. The van der Waals surface area contributed by atoms with Gasteiger partial charge in [-0.25, -0.2) is 0 Å². The number of nitrogens with one attached hydrogen (secondary N) is 1. The van der Waals surface area contributed by atoms with E-state index in [1.54, 1.807) is 12.1 Å². The molecule has 1 radical (unpaired) electrons. The van der Waals surface area contributed by atoms with Crippen molar-refractivity contribution in [3.63, 3.8) is 0 Å². The number of hydrogen-bond acceptors (Lipinski definition) is 1. The smallest absolute Gasteiger partial charge is 0.0364 e. The van der Waals surface area contributed by atoms with Crippen molar-refractivity contribution in [2.45, 2.75) is 0 Å². The van der Waals surface area contributed by atoms with E-state index in [4.69, 9.17) is 17.3 Å². The zero-order valence-corrected chi connectivity index (χ0v) is 10.1. The Balaban J connectivity index is 0. The van der Waals surface area contributed by atoms with Gasteiger partial charge >= 0.3 is 0 Å². The van der Waals surface area contributed by atoms with Crippen LogP contribution in [0.5, 0.6) is 0 Å². The molecule has 1 heterocycles. The molecule has 0 spiro atoms. The average molecular weight is 515 g/mol. The van der Waals surface area contributed by atoms with Crippen LogP contribution in [-0.4, -0.2) is 4.98 Å². The van der Waals surface area contributed by atoms with E-state index in [1.165, 1.54) is 6.20 Å². The Hall–Kier alpha value is 0.578. The zero-order chi connectivity index (χ0) is 5.98. The van der Waals surface area contributed by atoms with Gasteiger partial charge in [0.2, 0.25) is 0 Å². The van der Waals surface area contributed by atoms with E-state index in [9.17, 15) is 0 Å². The molecule has 1 rings (SSSR count). The molecule has 0 saturated carbocycles. The van der Waals surface area contributed by atoms with Gasteiger partial charge < -0.3 is 10.7 Å². The minimum atomic E-state index is 0. The fourth-order valence-electron chi connectivity index (χ4n) is 0.376. The van der Waals surface area contributed by atoms with Gasteiger partial charge in [-0.05, 0) is 6.07 Å². The number of nitrogens with zero attached hydrogens (tertiary/aromatic N) is 1. The Morgan fingerprint density at radius 1 is 1.40 bits per heavy atom. The van der Waals surface area contributed by atoms with Gasteiger partial charge in [0.15, 0.2) is 0 Å². The standard InChI is InChI=1S/C5H4ClN2.Ir.Pt/c6-4-1-2-5(7)8-3-4;;/h1-3H,(H-,7,8);;/q-1;;. The fourth-order valence-corrected chi connectivity index (χ4v) is 0.488. The molecule has 61 valence electrons. The molecule has 0 amide bonds. The summed E-state index contributed by atoms with van der Waals surface area (Å²) in [6, 6.07) is 3.18. The molecule has 2 nitrogen and oxygen atoms in total. The first kappa shape index (κ1) is 13.2. The maximum Gasteiger partial charge on any atom is 0.0364 e. The molecular formula is C5H4ClIrN2Pt-. The summed E-state index contributed by atoms with van der Waals surface area (Å²) in [5.74, 6) is 0.245. The van der Waals surface area contributed by atoms with Crippen LogP contribution in [0.2, 0.25) is 5.02 Å². The summed E-state index contributed by atoms with van der Waals surface area (Å²) in [5, 5.41) is 0.570. The molecule has 0 fully saturated rings. The van der Waals surface area contributed by atoms with Crippen LogP contribution in [-0.2, 0) is 41.2 Å². The fraction of sp³-hybridized carbons (Fsp3) is 0. The first-order valence-electron chi connectivity index (χ1n) is 2.12. The van der Waals surface area contributed by atoms with Gasteiger partial charge in [-0.3, -0.25) is 0 Å². The largest absolute Gasteiger partial charge is 0.482 e. The van der Waals surface area contributed by atoms with Gasteiger partial charge in [-0.1, -0.05) is 29.7 Å². The maximum absolute atomic E-state index is 6.92. The number of rotatable bonds is 0. The Bertz CT molecular complexity index is 159. The average Bonchev–Trinajstić information content (AvgIpc) is 1.77. The quantitative estimate of drug-likeness (QED) is 0.524. The second kappa shape index (κ2) is 6.30. The first-order valence-corrected chi connectivity index (χ1v) is 2.50. The summed E-state index contributed by atoms with van der Waals surface area (Å²) in [5.41, 5.74) is 6.92. The van der Waals surface area contributed by atoms with Gasteiger partial charge in [0, 0.05) is 46.2 Å². The van der Waals surface area contributed by atoms with Crippen LogP contribution in [0.1, 0.15) is 0 Å². The van der Waals surface area contributed by atoms with E-state index in [2.05, 4.69) is 4.98 Å². The Morgan fingerprint density at radius 3 is 2.30 bits per heavy atom. The Kier molecular flexibility index (Phi) is 8.31. The summed E-state index contributed by atoms with van der Waals surface area (Å²) in [4.78, 5) is 3.61. The van der Waals surface area contributed by atoms with Crippen LogP contribution in [0.3, 0.4) is 0 Å². The van der Waals surface area contributed by atoms with E-state index >= 15 is 0 Å². The number of aromatic nitrogens is 1. The van der Waals surface area contributed by atoms with Crippen molar-refractivity contribution in [3.05, 3.63) is 29.1 Å². The van der Waals surface area contributed by atoms with Gasteiger partial charge in [-0.15, -0.1) is 0 Å². The monoisotopic (exact) mass is 515 g/mol. The van der Waals surface area contributed by atoms with Gasteiger partial charge in [0.05, 0.1) is 0 Å². The summed E-state index contributed by atoms with van der Waals surface area (Å²) < 4.78 is 0. The predicted octanol–water partition coefficient (Wildman–Crippen LogP) is 2.41. The van der Waals surface area contributed by atoms with Crippen LogP contribution < -0.4 is 0 Å². The van der Waals surface area contributed by atoms with Crippen LogP contribution >= 0.6 is 11.6 Å². The van der Waals surface area contributed by atoms with Crippen molar-refractivity contribution in [1.29, 1.82) is 0 Å². The molecule has 0 saturated heterocycles. The zero-order valence-electron chi connectivity index (χ0n) is 4.71. The van der Waals surface area contributed by atoms with Gasteiger partial charge in [-0.2, -0.15) is 0 Å². The molecule has 0 aliphatic carbocycles. The molecule has 0 aliphatic rings. The van der Waals surface area contributed by atoms with Crippen LogP contribution in [0.25, 0.3) is 5.73 Å². The topological polar surface area (TPSA) is 36.7 Å². The third-order valence-electron chi connectivity index (χ3n) is 0.727. The van der Waals surface area contributed by atoms with E-state index in [1.807, 2.05) is 0 Å². The molecule has 5 heteroatoms. The van der Waals surface area contributed by atoms with Gasteiger partial charge in [0.25, 0.3) is 0 Å². The van der Waals surface area contributed by atoms with Crippen molar-refractivity contribution >= 4 is 17.4 Å². The van der Waals surface area contributed by atoms with Crippen molar-refractivity contribution in [1.82, 2.24) is 4.98 Å². The molecule has 1 N–H and O–H groups in total. The minimum absolute atomic E-state index is 0. The van der Waals surface area contributed by atoms with E-state index in [0.29, 0.717) is 5.02 Å². The van der Waals surface area contributed by atoms with E-state index < -0.39 is 0 Å². The summed E-state index contributed by atoms with van der Waals surface area (Å²) in [7, 11) is 0. The minimum Gasteiger partial charge on any atom is -0.482 e. The predicted molar refractivity (Wildman–Crippen MR) is 33.2 cm³/mol. The number of halogens is 1. The SMILES string of the molecule is [Ir].[NH-]c1ccc(Cl)cn1.[Pt]. The molecule has 0 unspecified atom stereocenters. The molecule has 0 atom stereocenters. The van der Waals surface area contributed by atoms with Crippen LogP contribution in [0.15, 0.2) is 18.3 Å². The molecule has 0 bridgehead atoms. The van der Waals surface area contributed by atoms with Crippen LogP contribution in [0, 0.1) is 0 Å². The van der Waals surface area contributed by atoms with Crippen molar-refractivity contribution in [2.75, 3.05) is 0 Å². The molecule has 0 aliphatic heterocycles. The second-order valence-electron chi connectivity index (χ2n) is 1.36. The van der Waals surface area contributed by atoms with Gasteiger partial charge in [0.1, 0.15) is 0 Å². The van der Waals surface area contributed by atoms with Crippen molar-refractivity contribution in [2.24, 2.45) is 0 Å². The van der Waals surface area contributed by atoms with Crippen molar-refractivity contribution in [3.8, 4) is 0 Å². The molecule has 1 aromatic rings. The molecule has 0 aromatic carbocycles. The molecule has 1 aromatic heterocycles. The number of hydrogen-bond donors (Lipinski definition) is 0. The normalized spacial score (nSPS) is 7.30. The summed E-state index contributed by atoms with van der Waals surface area (Å²) in [6.07, 6.45) is 1.45. The van der Waals surface area contributed by atoms with E-state index in [-0.39, 0.29) is 47.0 Å². The number of pyridine rings is 1. The Morgan fingerprint density at radius 2 is 2.00 bits per heavy atom. The van der Waals surface area contributed by atoms with E-state index in [0.717, 1.165) is 0 Å². The van der Waals surface area contributed by atoms with Crippen molar-refractivity contribution < 1.29 is 41.2 Å². The summed E-state index contributed by atoms with van der Waals surface area (Å²) >= 11 is 5.47. The Labute approximate surface area is 92.2 Å². The van der Waals surface area contributed by atoms with Crippen LogP contribution in [0.4, 0.5) is 5.82 Å². The third kappa shape index (κ3) is 4.40. The third-order valence-corrected chi connectivity index (χ3v) is 0.951. The molecule has 10 heavy (non-hydrogen) atoms. The first-order chi connectivity index (χ1) is 3.79.